The molecule has 0 fully saturated rings. The number of aromatic amines is 1. The second-order valence-electron chi connectivity index (χ2n) is 3.59. The van der Waals surface area contributed by atoms with Crippen molar-refractivity contribution in [2.45, 2.75) is 13.1 Å². The van der Waals surface area contributed by atoms with Gasteiger partial charge in [0.2, 0.25) is 0 Å². The van der Waals surface area contributed by atoms with E-state index in [0.29, 0.717) is 16.4 Å². The minimum Gasteiger partial charge on any atom is -0.293 e. The fourth-order valence-corrected chi connectivity index (χ4v) is 1.64. The van der Waals surface area contributed by atoms with Gasteiger partial charge in [-0.15, -0.1) is 0 Å². The molecule has 0 aliphatic carbocycles. The summed E-state index contributed by atoms with van der Waals surface area (Å²) in [4.78, 5) is 15.3. The maximum atomic E-state index is 12.3. The summed E-state index contributed by atoms with van der Waals surface area (Å²) in [7, 11) is 0. The largest absolute Gasteiger partial charge is 0.417 e. The Balaban J connectivity index is 2.47. The number of rotatable bonds is 1. The SMILES string of the molecule is Cc1[nH]n(-c2ccc(C(F)(F)F)cn2)c(=O)c1Br. The summed E-state index contributed by atoms with van der Waals surface area (Å²) >= 11 is 3.07. The van der Waals surface area contributed by atoms with Crippen molar-refractivity contribution in [3.8, 4) is 5.82 Å². The van der Waals surface area contributed by atoms with Crippen LogP contribution in [-0.2, 0) is 6.18 Å². The molecule has 2 rings (SSSR count). The highest BCUT2D eigenvalue weighted by Gasteiger charge is 2.30. The Hall–Kier alpha value is -1.57. The second-order valence-corrected chi connectivity index (χ2v) is 4.39. The minimum absolute atomic E-state index is 0.0989. The van der Waals surface area contributed by atoms with Crippen LogP contribution in [0.3, 0.4) is 0 Å². The summed E-state index contributed by atoms with van der Waals surface area (Å²) in [6.07, 6.45) is -3.76. The number of halogens is 4. The lowest BCUT2D eigenvalue weighted by atomic mass is 10.3. The lowest BCUT2D eigenvalue weighted by Crippen LogP contribution is -2.16. The fraction of sp³-hybridized carbons (Fsp3) is 0.200. The first kappa shape index (κ1) is 12.9. The third-order valence-electron chi connectivity index (χ3n) is 2.30. The zero-order valence-electron chi connectivity index (χ0n) is 9.05. The van der Waals surface area contributed by atoms with Gasteiger partial charge in [-0.25, -0.2) is 9.67 Å². The van der Waals surface area contributed by atoms with E-state index in [0.717, 1.165) is 16.8 Å². The standard InChI is InChI=1S/C10H7BrF3N3O/c1-5-8(11)9(18)17(16-5)7-3-2-6(4-15-7)10(12,13)14/h2-4,16H,1H3. The topological polar surface area (TPSA) is 50.7 Å². The monoisotopic (exact) mass is 321 g/mol. The van der Waals surface area contributed by atoms with Crippen LogP contribution in [0.25, 0.3) is 5.82 Å². The first-order chi connectivity index (χ1) is 8.30. The van der Waals surface area contributed by atoms with Crippen LogP contribution < -0.4 is 5.56 Å². The number of aromatic nitrogens is 3. The molecule has 0 aliphatic heterocycles. The lowest BCUT2D eigenvalue weighted by molar-refractivity contribution is -0.137. The van der Waals surface area contributed by atoms with E-state index in [1.807, 2.05) is 0 Å². The Bertz CT molecular complexity index is 627. The van der Waals surface area contributed by atoms with Gasteiger partial charge in [0.05, 0.1) is 5.56 Å². The van der Waals surface area contributed by atoms with Gasteiger partial charge in [0.1, 0.15) is 4.47 Å². The molecular weight excluding hydrogens is 315 g/mol. The Labute approximate surface area is 108 Å². The van der Waals surface area contributed by atoms with E-state index in [1.165, 1.54) is 0 Å². The number of nitrogens with zero attached hydrogens (tertiary/aromatic N) is 2. The number of hydrogen-bond acceptors (Lipinski definition) is 2. The molecule has 0 spiro atoms. The van der Waals surface area contributed by atoms with Crippen molar-refractivity contribution >= 4 is 15.9 Å². The van der Waals surface area contributed by atoms with E-state index in [-0.39, 0.29) is 5.82 Å². The quantitative estimate of drug-likeness (QED) is 0.877. The van der Waals surface area contributed by atoms with E-state index in [4.69, 9.17) is 0 Å². The molecular formula is C10H7BrF3N3O. The number of H-pyrrole nitrogens is 1. The van der Waals surface area contributed by atoms with Gasteiger partial charge < -0.3 is 0 Å². The Kier molecular flexibility index (Phi) is 3.05. The lowest BCUT2D eigenvalue weighted by Gasteiger charge is -2.06. The first-order valence-corrected chi connectivity index (χ1v) is 5.61. The molecule has 0 atom stereocenters. The van der Waals surface area contributed by atoms with Crippen LogP contribution in [0.1, 0.15) is 11.3 Å². The molecule has 0 aliphatic rings. The third kappa shape index (κ3) is 2.20. The zero-order chi connectivity index (χ0) is 13.5. The number of aryl methyl sites for hydroxylation is 1. The predicted octanol–water partition coefficient (Wildman–Crippen LogP) is 2.65. The molecule has 0 aromatic carbocycles. The summed E-state index contributed by atoms with van der Waals surface area (Å²) in [5.41, 5.74) is -0.692. The van der Waals surface area contributed by atoms with E-state index in [1.54, 1.807) is 6.92 Å². The molecule has 96 valence electrons. The average molecular weight is 322 g/mol. The van der Waals surface area contributed by atoms with Gasteiger partial charge in [-0.2, -0.15) is 13.2 Å². The van der Waals surface area contributed by atoms with Crippen LogP contribution in [0.4, 0.5) is 13.2 Å². The molecule has 2 aromatic rings. The number of nitrogens with one attached hydrogen (secondary N) is 1. The van der Waals surface area contributed by atoms with Crippen molar-refractivity contribution in [3.05, 3.63) is 44.4 Å². The van der Waals surface area contributed by atoms with Crippen LogP contribution in [0.15, 0.2) is 27.6 Å². The molecule has 0 radical (unpaired) electrons. The van der Waals surface area contributed by atoms with E-state index in [9.17, 15) is 18.0 Å². The summed E-state index contributed by atoms with van der Waals surface area (Å²) in [6.45, 7) is 1.66. The van der Waals surface area contributed by atoms with Crippen molar-refractivity contribution in [2.24, 2.45) is 0 Å². The molecule has 2 aromatic heterocycles. The molecule has 0 saturated carbocycles. The van der Waals surface area contributed by atoms with Crippen molar-refractivity contribution in [3.63, 3.8) is 0 Å². The first-order valence-electron chi connectivity index (χ1n) is 4.81. The van der Waals surface area contributed by atoms with Gasteiger partial charge in [-0.3, -0.25) is 9.89 Å². The molecule has 8 heteroatoms. The highest BCUT2D eigenvalue weighted by Crippen LogP contribution is 2.28. The van der Waals surface area contributed by atoms with Crippen LogP contribution in [0.2, 0.25) is 0 Å². The smallest absolute Gasteiger partial charge is 0.293 e. The predicted molar refractivity (Wildman–Crippen MR) is 61.6 cm³/mol. The normalized spacial score (nSPS) is 11.8. The second kappa shape index (κ2) is 4.27. The van der Waals surface area contributed by atoms with Crippen LogP contribution in [0.5, 0.6) is 0 Å². The molecule has 1 N–H and O–H groups in total. The van der Waals surface area contributed by atoms with Crippen molar-refractivity contribution < 1.29 is 13.2 Å². The molecule has 0 bridgehead atoms. The fourth-order valence-electron chi connectivity index (χ4n) is 1.37. The van der Waals surface area contributed by atoms with Gasteiger partial charge in [0.25, 0.3) is 5.56 Å². The molecule has 0 amide bonds. The number of pyridine rings is 1. The summed E-state index contributed by atoms with van der Waals surface area (Å²) in [5.74, 6) is 0.0989. The van der Waals surface area contributed by atoms with Gasteiger partial charge in [0, 0.05) is 11.9 Å². The minimum atomic E-state index is -4.44. The maximum Gasteiger partial charge on any atom is 0.417 e. The van der Waals surface area contributed by atoms with Crippen LogP contribution in [0, 0.1) is 6.92 Å². The molecule has 4 nitrogen and oxygen atoms in total. The Morgan fingerprint density at radius 2 is 2.06 bits per heavy atom. The van der Waals surface area contributed by atoms with Crippen molar-refractivity contribution in [1.82, 2.24) is 14.8 Å². The van der Waals surface area contributed by atoms with Crippen molar-refractivity contribution in [1.29, 1.82) is 0 Å². The summed E-state index contributed by atoms with van der Waals surface area (Å²) in [5, 5.41) is 2.70. The van der Waals surface area contributed by atoms with Gasteiger partial charge in [-0.05, 0) is 35.0 Å². The molecule has 0 unspecified atom stereocenters. The zero-order valence-corrected chi connectivity index (χ0v) is 10.6. The van der Waals surface area contributed by atoms with Crippen molar-refractivity contribution in [2.75, 3.05) is 0 Å². The Morgan fingerprint density at radius 1 is 1.39 bits per heavy atom. The number of alkyl halides is 3. The van der Waals surface area contributed by atoms with E-state index >= 15 is 0 Å². The van der Waals surface area contributed by atoms with Gasteiger partial charge >= 0.3 is 6.18 Å². The summed E-state index contributed by atoms with van der Waals surface area (Å²) < 4.78 is 38.4. The highest BCUT2D eigenvalue weighted by molar-refractivity contribution is 9.10. The average Bonchev–Trinajstić information content (AvgIpc) is 2.56. The van der Waals surface area contributed by atoms with Crippen LogP contribution in [-0.4, -0.2) is 14.8 Å². The third-order valence-corrected chi connectivity index (χ3v) is 3.24. The highest BCUT2D eigenvalue weighted by atomic mass is 79.9. The molecule has 18 heavy (non-hydrogen) atoms. The van der Waals surface area contributed by atoms with E-state index in [2.05, 4.69) is 26.0 Å². The van der Waals surface area contributed by atoms with Gasteiger partial charge in [-0.1, -0.05) is 0 Å². The van der Waals surface area contributed by atoms with E-state index < -0.39 is 17.3 Å². The molecule has 2 heterocycles. The van der Waals surface area contributed by atoms with Gasteiger partial charge in [0.15, 0.2) is 5.82 Å². The summed E-state index contributed by atoms with van der Waals surface area (Å²) in [6, 6.07) is 2.01. The Morgan fingerprint density at radius 3 is 2.44 bits per heavy atom. The number of hydrogen-bond donors (Lipinski definition) is 1. The molecule has 0 saturated heterocycles. The maximum absolute atomic E-state index is 12.3. The van der Waals surface area contributed by atoms with Crippen LogP contribution >= 0.6 is 15.9 Å².